The molecule has 156 valence electrons. The average Bonchev–Trinajstić information content (AvgIpc) is 2.68. The van der Waals surface area contributed by atoms with Crippen molar-refractivity contribution in [2.24, 2.45) is 0 Å². The Morgan fingerprint density at radius 2 is 1.48 bits per heavy atom. The molecule has 29 heavy (non-hydrogen) atoms. The van der Waals surface area contributed by atoms with Gasteiger partial charge in [-0.15, -0.1) is 0 Å². The molecule has 0 spiro atoms. The topological polar surface area (TPSA) is 67.4 Å². The SMILES string of the molecule is CCSC[C@@H](NC(c1ccccc1)c1ccccc1)C(=O)NC(=O)OC(C)(C)C. The van der Waals surface area contributed by atoms with Crippen molar-refractivity contribution in [2.75, 3.05) is 11.5 Å². The van der Waals surface area contributed by atoms with Crippen molar-refractivity contribution in [3.63, 3.8) is 0 Å². The van der Waals surface area contributed by atoms with Gasteiger partial charge in [0.05, 0.1) is 12.1 Å². The molecule has 0 unspecified atom stereocenters. The first-order valence-electron chi connectivity index (χ1n) is 9.77. The van der Waals surface area contributed by atoms with E-state index in [-0.39, 0.29) is 6.04 Å². The third kappa shape index (κ3) is 7.91. The van der Waals surface area contributed by atoms with Crippen LogP contribution in [0.4, 0.5) is 4.79 Å². The summed E-state index contributed by atoms with van der Waals surface area (Å²) in [7, 11) is 0. The second-order valence-corrected chi connectivity index (χ2v) is 8.94. The van der Waals surface area contributed by atoms with E-state index in [1.54, 1.807) is 32.5 Å². The maximum atomic E-state index is 12.9. The highest BCUT2D eigenvalue weighted by Gasteiger charge is 2.27. The van der Waals surface area contributed by atoms with Crippen molar-refractivity contribution < 1.29 is 14.3 Å². The van der Waals surface area contributed by atoms with Crippen LogP contribution in [0, 0.1) is 0 Å². The van der Waals surface area contributed by atoms with E-state index < -0.39 is 23.6 Å². The summed E-state index contributed by atoms with van der Waals surface area (Å²) < 4.78 is 5.23. The van der Waals surface area contributed by atoms with Gasteiger partial charge in [-0.1, -0.05) is 67.6 Å². The van der Waals surface area contributed by atoms with Gasteiger partial charge in [0.15, 0.2) is 0 Å². The van der Waals surface area contributed by atoms with Gasteiger partial charge in [-0.2, -0.15) is 11.8 Å². The minimum absolute atomic E-state index is 0.177. The number of alkyl carbamates (subject to hydrolysis) is 1. The highest BCUT2D eigenvalue weighted by molar-refractivity contribution is 7.99. The number of benzene rings is 2. The molecule has 0 saturated carbocycles. The van der Waals surface area contributed by atoms with Crippen LogP contribution in [0.5, 0.6) is 0 Å². The third-order valence-corrected chi connectivity index (χ3v) is 5.04. The number of ether oxygens (including phenoxy) is 1. The number of thioether (sulfide) groups is 1. The summed E-state index contributed by atoms with van der Waals surface area (Å²) in [5, 5.41) is 5.83. The second-order valence-electron chi connectivity index (χ2n) is 7.62. The van der Waals surface area contributed by atoms with Crippen molar-refractivity contribution in [1.82, 2.24) is 10.6 Å². The van der Waals surface area contributed by atoms with Gasteiger partial charge in [-0.3, -0.25) is 15.4 Å². The van der Waals surface area contributed by atoms with Gasteiger partial charge in [0, 0.05) is 5.75 Å². The zero-order chi connectivity index (χ0) is 21.3. The summed E-state index contributed by atoms with van der Waals surface area (Å²) in [6.07, 6.45) is -0.730. The van der Waals surface area contributed by atoms with Gasteiger partial charge in [0.25, 0.3) is 0 Å². The van der Waals surface area contributed by atoms with Crippen LogP contribution in [0.2, 0.25) is 0 Å². The fourth-order valence-electron chi connectivity index (χ4n) is 2.80. The van der Waals surface area contributed by atoms with Crippen LogP contribution in [-0.4, -0.2) is 35.1 Å². The number of nitrogens with one attached hydrogen (secondary N) is 2. The normalized spacial score (nSPS) is 12.4. The molecule has 2 rings (SSSR count). The van der Waals surface area contributed by atoms with Gasteiger partial charge < -0.3 is 4.74 Å². The lowest BCUT2D eigenvalue weighted by molar-refractivity contribution is -0.122. The molecular weight excluding hydrogens is 384 g/mol. The van der Waals surface area contributed by atoms with Crippen molar-refractivity contribution in [3.05, 3.63) is 71.8 Å². The first kappa shape index (κ1) is 23.0. The van der Waals surface area contributed by atoms with Crippen LogP contribution < -0.4 is 10.6 Å². The lowest BCUT2D eigenvalue weighted by Crippen LogP contribution is -2.50. The highest BCUT2D eigenvalue weighted by Crippen LogP contribution is 2.23. The van der Waals surface area contributed by atoms with E-state index in [4.69, 9.17) is 4.74 Å². The molecule has 2 amide bonds. The van der Waals surface area contributed by atoms with Gasteiger partial charge in [0.2, 0.25) is 5.91 Å². The molecular formula is C23H30N2O3S. The molecule has 0 aromatic heterocycles. The van der Waals surface area contributed by atoms with Crippen molar-refractivity contribution in [3.8, 4) is 0 Å². The molecule has 0 heterocycles. The summed E-state index contributed by atoms with van der Waals surface area (Å²) >= 11 is 1.64. The van der Waals surface area contributed by atoms with Crippen molar-refractivity contribution in [1.29, 1.82) is 0 Å². The van der Waals surface area contributed by atoms with E-state index >= 15 is 0 Å². The molecule has 1 atom stereocenters. The third-order valence-electron chi connectivity index (χ3n) is 4.06. The van der Waals surface area contributed by atoms with E-state index in [2.05, 4.69) is 10.6 Å². The Labute approximate surface area is 177 Å². The minimum Gasteiger partial charge on any atom is -0.444 e. The summed E-state index contributed by atoms with van der Waals surface area (Å²) in [6, 6.07) is 19.2. The molecule has 0 aliphatic heterocycles. The highest BCUT2D eigenvalue weighted by atomic mass is 32.2. The molecule has 2 N–H and O–H groups in total. The first-order valence-corrected chi connectivity index (χ1v) is 10.9. The number of amides is 2. The minimum atomic E-state index is -0.730. The smallest absolute Gasteiger partial charge is 0.414 e. The predicted molar refractivity (Wildman–Crippen MR) is 119 cm³/mol. The van der Waals surface area contributed by atoms with Crippen LogP contribution in [0.15, 0.2) is 60.7 Å². The maximum Gasteiger partial charge on any atom is 0.414 e. The Balaban J connectivity index is 2.22. The molecule has 0 fully saturated rings. The van der Waals surface area contributed by atoms with E-state index in [0.29, 0.717) is 5.75 Å². The first-order chi connectivity index (χ1) is 13.8. The zero-order valence-corrected chi connectivity index (χ0v) is 18.3. The monoisotopic (exact) mass is 414 g/mol. The van der Waals surface area contributed by atoms with Crippen LogP contribution >= 0.6 is 11.8 Å². The summed E-state index contributed by atoms with van der Waals surface area (Å²) in [5.74, 6) is 1.03. The molecule has 2 aromatic carbocycles. The zero-order valence-electron chi connectivity index (χ0n) is 17.5. The molecule has 0 radical (unpaired) electrons. The number of hydrogen-bond donors (Lipinski definition) is 2. The molecule has 0 bridgehead atoms. The second kappa shape index (κ2) is 11.0. The van der Waals surface area contributed by atoms with Crippen LogP contribution in [0.1, 0.15) is 44.9 Å². The number of carbonyl (C=O) groups is 2. The summed E-state index contributed by atoms with van der Waals surface area (Å²) in [6.45, 7) is 7.33. The Bertz CT molecular complexity index is 736. The summed E-state index contributed by atoms with van der Waals surface area (Å²) in [5.41, 5.74) is 1.44. The Kier molecular flexibility index (Phi) is 8.73. The van der Waals surface area contributed by atoms with Crippen LogP contribution in [0.3, 0.4) is 0 Å². The largest absolute Gasteiger partial charge is 0.444 e. The van der Waals surface area contributed by atoms with Gasteiger partial charge in [-0.25, -0.2) is 4.79 Å². The van der Waals surface area contributed by atoms with Crippen molar-refractivity contribution in [2.45, 2.75) is 45.4 Å². The average molecular weight is 415 g/mol. The quantitative estimate of drug-likeness (QED) is 0.664. The van der Waals surface area contributed by atoms with Gasteiger partial charge in [0.1, 0.15) is 5.60 Å². The molecule has 0 saturated heterocycles. The van der Waals surface area contributed by atoms with Crippen LogP contribution in [-0.2, 0) is 9.53 Å². The van der Waals surface area contributed by atoms with Gasteiger partial charge >= 0.3 is 6.09 Å². The molecule has 5 nitrogen and oxygen atoms in total. The Morgan fingerprint density at radius 1 is 0.966 bits per heavy atom. The standard InChI is InChI=1S/C23H30N2O3S/c1-5-29-16-19(21(26)25-22(27)28-23(2,3)4)24-20(17-12-8-6-9-13-17)18-14-10-7-11-15-18/h6-15,19-20,24H,5,16H2,1-4H3,(H,25,26,27)/t19-/m1/s1. The van der Waals surface area contributed by atoms with Gasteiger partial charge in [-0.05, 0) is 37.7 Å². The fourth-order valence-corrected chi connectivity index (χ4v) is 3.52. The number of hydrogen-bond acceptors (Lipinski definition) is 5. The molecule has 2 aromatic rings. The molecule has 0 aliphatic rings. The molecule has 6 heteroatoms. The van der Waals surface area contributed by atoms with E-state index in [0.717, 1.165) is 16.9 Å². The Hall–Kier alpha value is -2.31. The van der Waals surface area contributed by atoms with Crippen molar-refractivity contribution >= 4 is 23.8 Å². The predicted octanol–water partition coefficient (Wildman–Crippen LogP) is 4.54. The number of rotatable bonds is 8. The lowest BCUT2D eigenvalue weighted by atomic mass is 9.98. The van der Waals surface area contributed by atoms with E-state index in [9.17, 15) is 9.59 Å². The van der Waals surface area contributed by atoms with E-state index in [1.807, 2.05) is 67.6 Å². The number of imide groups is 1. The fraction of sp³-hybridized carbons (Fsp3) is 0.391. The lowest BCUT2D eigenvalue weighted by Gasteiger charge is -2.26. The Morgan fingerprint density at radius 3 is 1.93 bits per heavy atom. The van der Waals surface area contributed by atoms with Crippen LogP contribution in [0.25, 0.3) is 0 Å². The summed E-state index contributed by atoms with van der Waals surface area (Å²) in [4.78, 5) is 24.9. The maximum absolute atomic E-state index is 12.9. The number of carbonyl (C=O) groups excluding carboxylic acids is 2. The van der Waals surface area contributed by atoms with E-state index in [1.165, 1.54) is 0 Å². The molecule has 0 aliphatic carbocycles.